The molecular formula is C12H16N4. The first-order valence-electron chi connectivity index (χ1n) is 5.31. The van der Waals surface area contributed by atoms with E-state index >= 15 is 0 Å². The van der Waals surface area contributed by atoms with E-state index in [0.29, 0.717) is 0 Å². The average Bonchev–Trinajstić information content (AvgIpc) is 2.59. The molecule has 0 fully saturated rings. The summed E-state index contributed by atoms with van der Waals surface area (Å²) in [5, 5.41) is 7.53. The van der Waals surface area contributed by atoms with Crippen molar-refractivity contribution in [3.05, 3.63) is 41.3 Å². The van der Waals surface area contributed by atoms with Crippen molar-refractivity contribution in [1.29, 1.82) is 0 Å². The largest absolute Gasteiger partial charge is 0.366 e. The number of hydrogen-bond donors (Lipinski definition) is 1. The molecule has 0 amide bonds. The lowest BCUT2D eigenvalue weighted by Crippen LogP contribution is -2.04. The van der Waals surface area contributed by atoms with Crippen LogP contribution in [0.15, 0.2) is 24.5 Å². The Hall–Kier alpha value is -1.84. The van der Waals surface area contributed by atoms with E-state index in [0.717, 1.165) is 17.9 Å². The third-order valence-electron chi connectivity index (χ3n) is 2.79. The minimum atomic E-state index is 0.761. The van der Waals surface area contributed by atoms with Gasteiger partial charge in [0, 0.05) is 31.0 Å². The molecule has 2 heterocycles. The molecule has 0 aliphatic carbocycles. The first-order chi connectivity index (χ1) is 7.68. The first-order valence-corrected chi connectivity index (χ1v) is 5.31. The van der Waals surface area contributed by atoms with Crippen molar-refractivity contribution in [3.8, 4) is 0 Å². The molecule has 0 saturated heterocycles. The molecule has 0 bridgehead atoms. The van der Waals surface area contributed by atoms with E-state index in [9.17, 15) is 0 Å². The minimum Gasteiger partial charge on any atom is -0.366 e. The van der Waals surface area contributed by atoms with Crippen LogP contribution in [0.4, 0.5) is 5.82 Å². The number of nitrogens with one attached hydrogen (secondary N) is 1. The highest BCUT2D eigenvalue weighted by Crippen LogP contribution is 2.12. The zero-order valence-corrected chi connectivity index (χ0v) is 9.86. The fourth-order valence-electron chi connectivity index (χ4n) is 1.57. The summed E-state index contributed by atoms with van der Waals surface area (Å²) in [4.78, 5) is 4.29. The van der Waals surface area contributed by atoms with Gasteiger partial charge in [-0.05, 0) is 25.5 Å². The maximum Gasteiger partial charge on any atom is 0.129 e. The van der Waals surface area contributed by atoms with Crippen LogP contribution in [0.5, 0.6) is 0 Å². The van der Waals surface area contributed by atoms with Crippen LogP contribution in [0.1, 0.15) is 16.8 Å². The van der Waals surface area contributed by atoms with Crippen molar-refractivity contribution in [2.24, 2.45) is 7.05 Å². The molecule has 0 aliphatic rings. The van der Waals surface area contributed by atoms with E-state index in [1.807, 2.05) is 37.0 Å². The van der Waals surface area contributed by atoms with Gasteiger partial charge in [-0.25, -0.2) is 4.98 Å². The highest BCUT2D eigenvalue weighted by molar-refractivity contribution is 5.43. The van der Waals surface area contributed by atoms with Gasteiger partial charge < -0.3 is 5.32 Å². The molecule has 16 heavy (non-hydrogen) atoms. The fourth-order valence-corrected chi connectivity index (χ4v) is 1.57. The summed E-state index contributed by atoms with van der Waals surface area (Å²) in [5.41, 5.74) is 3.54. The molecule has 2 rings (SSSR count). The van der Waals surface area contributed by atoms with Gasteiger partial charge >= 0.3 is 0 Å². The van der Waals surface area contributed by atoms with Crippen LogP contribution in [-0.2, 0) is 13.6 Å². The molecule has 0 unspecified atom stereocenters. The molecule has 4 heteroatoms. The summed E-state index contributed by atoms with van der Waals surface area (Å²) in [6.07, 6.45) is 3.69. The molecule has 0 spiro atoms. The van der Waals surface area contributed by atoms with Gasteiger partial charge in [0.1, 0.15) is 5.82 Å². The van der Waals surface area contributed by atoms with E-state index in [2.05, 4.69) is 22.3 Å². The molecular weight excluding hydrogens is 200 g/mol. The standard InChI is InChI=1S/C12H16N4/c1-9-5-4-6-13-12(9)14-7-11-8-15-16(3)10(11)2/h4-6,8H,7H2,1-3H3,(H,13,14). The maximum absolute atomic E-state index is 4.29. The Morgan fingerprint density at radius 2 is 2.19 bits per heavy atom. The lowest BCUT2D eigenvalue weighted by Gasteiger charge is -2.07. The number of aromatic nitrogens is 3. The smallest absolute Gasteiger partial charge is 0.129 e. The third kappa shape index (κ3) is 2.05. The van der Waals surface area contributed by atoms with E-state index < -0.39 is 0 Å². The van der Waals surface area contributed by atoms with Crippen molar-refractivity contribution in [2.45, 2.75) is 20.4 Å². The van der Waals surface area contributed by atoms with Gasteiger partial charge in [0.25, 0.3) is 0 Å². The highest BCUT2D eigenvalue weighted by atomic mass is 15.3. The monoisotopic (exact) mass is 216 g/mol. The van der Waals surface area contributed by atoms with Gasteiger partial charge in [0.05, 0.1) is 6.20 Å². The van der Waals surface area contributed by atoms with E-state index in [4.69, 9.17) is 0 Å². The molecule has 0 atom stereocenters. The predicted molar refractivity (Wildman–Crippen MR) is 64.2 cm³/mol. The molecule has 1 N–H and O–H groups in total. The number of rotatable bonds is 3. The van der Waals surface area contributed by atoms with Crippen LogP contribution in [0.2, 0.25) is 0 Å². The van der Waals surface area contributed by atoms with Crippen molar-refractivity contribution >= 4 is 5.82 Å². The fraction of sp³-hybridized carbons (Fsp3) is 0.333. The van der Waals surface area contributed by atoms with Gasteiger partial charge in [0.15, 0.2) is 0 Å². The van der Waals surface area contributed by atoms with Crippen molar-refractivity contribution < 1.29 is 0 Å². The Bertz CT molecular complexity index is 488. The van der Waals surface area contributed by atoms with Crippen LogP contribution in [0.25, 0.3) is 0 Å². The lowest BCUT2D eigenvalue weighted by molar-refractivity contribution is 0.738. The number of hydrogen-bond acceptors (Lipinski definition) is 3. The molecule has 0 saturated carbocycles. The first kappa shape index (κ1) is 10.7. The number of pyridine rings is 1. The second-order valence-corrected chi connectivity index (χ2v) is 3.90. The van der Waals surface area contributed by atoms with Gasteiger partial charge in [-0.2, -0.15) is 5.10 Å². The van der Waals surface area contributed by atoms with Gasteiger partial charge in [-0.1, -0.05) is 6.07 Å². The molecule has 2 aromatic heterocycles. The minimum absolute atomic E-state index is 0.761. The van der Waals surface area contributed by atoms with E-state index in [-0.39, 0.29) is 0 Å². The Kier molecular flexibility index (Phi) is 2.90. The molecule has 84 valence electrons. The zero-order chi connectivity index (χ0) is 11.5. The Labute approximate surface area is 95.3 Å². The van der Waals surface area contributed by atoms with Crippen LogP contribution in [0, 0.1) is 13.8 Å². The van der Waals surface area contributed by atoms with Crippen LogP contribution in [0.3, 0.4) is 0 Å². The number of nitrogens with zero attached hydrogens (tertiary/aromatic N) is 3. The molecule has 0 radical (unpaired) electrons. The van der Waals surface area contributed by atoms with Crippen LogP contribution >= 0.6 is 0 Å². The predicted octanol–water partition coefficient (Wildman–Crippen LogP) is 2.04. The van der Waals surface area contributed by atoms with E-state index in [1.165, 1.54) is 11.3 Å². The maximum atomic E-state index is 4.29. The SMILES string of the molecule is Cc1cccnc1NCc1cnn(C)c1C. The summed E-state index contributed by atoms with van der Waals surface area (Å²) >= 11 is 0. The summed E-state index contributed by atoms with van der Waals surface area (Å²) in [5.74, 6) is 0.936. The topological polar surface area (TPSA) is 42.7 Å². The highest BCUT2D eigenvalue weighted by Gasteiger charge is 2.04. The lowest BCUT2D eigenvalue weighted by atomic mass is 10.2. The van der Waals surface area contributed by atoms with Gasteiger partial charge in [0.2, 0.25) is 0 Å². The Balaban J connectivity index is 2.08. The molecule has 0 aliphatic heterocycles. The number of anilines is 1. The summed E-state index contributed by atoms with van der Waals surface area (Å²) in [6, 6.07) is 3.99. The second kappa shape index (κ2) is 4.35. The number of aryl methyl sites for hydroxylation is 2. The zero-order valence-electron chi connectivity index (χ0n) is 9.86. The van der Waals surface area contributed by atoms with E-state index in [1.54, 1.807) is 6.20 Å². The molecule has 4 nitrogen and oxygen atoms in total. The van der Waals surface area contributed by atoms with Crippen LogP contribution in [-0.4, -0.2) is 14.8 Å². The average molecular weight is 216 g/mol. The molecule has 0 aromatic carbocycles. The normalized spacial score (nSPS) is 10.4. The van der Waals surface area contributed by atoms with Gasteiger partial charge in [-0.15, -0.1) is 0 Å². The summed E-state index contributed by atoms with van der Waals surface area (Å²) in [6.45, 7) is 4.87. The third-order valence-corrected chi connectivity index (χ3v) is 2.79. The second-order valence-electron chi connectivity index (χ2n) is 3.90. The van der Waals surface area contributed by atoms with Crippen molar-refractivity contribution in [2.75, 3.05) is 5.32 Å². The molecule has 2 aromatic rings. The van der Waals surface area contributed by atoms with Crippen molar-refractivity contribution in [1.82, 2.24) is 14.8 Å². The van der Waals surface area contributed by atoms with Crippen molar-refractivity contribution in [3.63, 3.8) is 0 Å². The summed E-state index contributed by atoms with van der Waals surface area (Å²) in [7, 11) is 1.95. The Morgan fingerprint density at radius 1 is 1.38 bits per heavy atom. The summed E-state index contributed by atoms with van der Waals surface area (Å²) < 4.78 is 1.88. The quantitative estimate of drug-likeness (QED) is 0.853. The van der Waals surface area contributed by atoms with Gasteiger partial charge in [-0.3, -0.25) is 4.68 Å². The van der Waals surface area contributed by atoms with Crippen LogP contribution < -0.4 is 5.32 Å². The Morgan fingerprint density at radius 3 is 2.81 bits per heavy atom.